The van der Waals surface area contributed by atoms with Gasteiger partial charge >= 0.3 is 35.5 Å². The van der Waals surface area contributed by atoms with Crippen molar-refractivity contribution in [2.24, 2.45) is 28.6 Å². The van der Waals surface area contributed by atoms with Crippen LogP contribution in [0, 0.1) is 28.6 Å². The molecule has 9 atom stereocenters. The fourth-order valence-electron chi connectivity index (χ4n) is 7.49. The van der Waals surface area contributed by atoms with Gasteiger partial charge in [-0.3, -0.25) is 14.4 Å². The molecule has 5 nitrogen and oxygen atoms in total. The summed E-state index contributed by atoms with van der Waals surface area (Å²) in [6.45, 7) is 6.62. The van der Waals surface area contributed by atoms with Gasteiger partial charge in [-0.2, -0.15) is 0 Å². The molecule has 4 aliphatic carbocycles. The molecule has 178 valence electrons. The number of aliphatic hydroxyl groups excluding tert-OH is 1. The third kappa shape index (κ3) is 3.26. The van der Waals surface area contributed by atoms with Crippen LogP contribution in [0.5, 0.6) is 0 Å². The van der Waals surface area contributed by atoms with Crippen LogP contribution in [0.3, 0.4) is 0 Å². The first-order chi connectivity index (χ1) is 14.8. The van der Waals surface area contributed by atoms with E-state index in [9.17, 15) is 19.5 Å². The number of thiol groups is 1. The minimum atomic E-state index is -2.24. The average Bonchev–Trinajstić information content (AvgIpc) is 2.93. The summed E-state index contributed by atoms with van der Waals surface area (Å²) >= 11 is 4.09. The summed E-state index contributed by atoms with van der Waals surface area (Å²) in [5, 5.41) is 10.7. The summed E-state index contributed by atoms with van der Waals surface area (Å²) in [6.07, 6.45) is 0.619. The van der Waals surface area contributed by atoms with Crippen molar-refractivity contribution in [1.29, 1.82) is 0 Å². The van der Waals surface area contributed by atoms with E-state index < -0.39 is 69.0 Å². The number of hydrogen-bond donors (Lipinski definition) is 2. The van der Waals surface area contributed by atoms with Crippen LogP contribution in [-0.4, -0.2) is 75.1 Å². The van der Waals surface area contributed by atoms with E-state index in [4.69, 9.17) is 4.74 Å². The van der Waals surface area contributed by atoms with Crippen LogP contribution in [0.2, 0.25) is 0 Å². The van der Waals surface area contributed by atoms with Crippen molar-refractivity contribution in [3.05, 3.63) is 23.8 Å². The van der Waals surface area contributed by atoms with Gasteiger partial charge in [-0.05, 0) is 49.8 Å². The number of aliphatic hydroxyl groups is 1. The molecule has 0 aromatic carbocycles. The van der Waals surface area contributed by atoms with Crippen LogP contribution in [0.1, 0.15) is 53.4 Å². The van der Waals surface area contributed by atoms with E-state index in [0.29, 0.717) is 6.42 Å². The number of hydrogen-bond acceptors (Lipinski definition) is 5. The summed E-state index contributed by atoms with van der Waals surface area (Å²) in [5.74, 6) is -2.94. The number of carbonyl (C=O) groups is 3. The summed E-state index contributed by atoms with van der Waals surface area (Å²) < 4.78 is 38.3. The molecule has 0 bridgehead atoms. The molecular formula is C24H31F2NaO5S. The number of esters is 1. The molecule has 4 aliphatic rings. The topological polar surface area (TPSA) is 80.7 Å². The van der Waals surface area contributed by atoms with Crippen LogP contribution < -0.4 is 0 Å². The summed E-state index contributed by atoms with van der Waals surface area (Å²) in [4.78, 5) is 37.2. The Morgan fingerprint density at radius 1 is 1.27 bits per heavy atom. The normalized spacial score (nSPS) is 48.1. The Kier molecular flexibility index (Phi) is 7.00. The molecule has 3 saturated carbocycles. The molecule has 0 aromatic heterocycles. The van der Waals surface area contributed by atoms with Gasteiger partial charge in [0.05, 0.1) is 6.10 Å². The van der Waals surface area contributed by atoms with E-state index in [2.05, 4.69) is 12.6 Å². The molecule has 0 spiro atoms. The fraction of sp³-hybridized carbons (Fsp3) is 0.708. The van der Waals surface area contributed by atoms with Crippen molar-refractivity contribution in [3.63, 3.8) is 0 Å². The SMILES string of the molecule is CCC(=O)O[C@]1(C(=O)S)[C@H](C)C[C@H]2[C@@H]3C[C@H](F)C4=CC(=O)C=C[C@]4(C)[C@]3(F)[C@@H](O)C[C@@]21C.[NaH]. The number of ether oxygens (including phenoxy) is 1. The first kappa shape index (κ1) is 27.1. The zero-order chi connectivity index (χ0) is 23.9. The monoisotopic (exact) mass is 492 g/mol. The van der Waals surface area contributed by atoms with Gasteiger partial charge in [-0.25, -0.2) is 8.78 Å². The molecule has 1 N–H and O–H groups in total. The van der Waals surface area contributed by atoms with Gasteiger partial charge in [0.15, 0.2) is 17.1 Å². The van der Waals surface area contributed by atoms with Crippen LogP contribution in [-0.2, 0) is 19.1 Å². The molecule has 0 unspecified atom stereocenters. The van der Waals surface area contributed by atoms with Gasteiger partial charge in [-0.1, -0.05) is 26.8 Å². The van der Waals surface area contributed by atoms with Gasteiger partial charge in [0.2, 0.25) is 5.12 Å². The Hall–Kier alpha value is -0.540. The van der Waals surface area contributed by atoms with Crippen molar-refractivity contribution in [2.75, 3.05) is 0 Å². The van der Waals surface area contributed by atoms with Gasteiger partial charge in [0.1, 0.15) is 6.17 Å². The molecule has 0 amide bonds. The Morgan fingerprint density at radius 2 is 1.91 bits per heavy atom. The van der Waals surface area contributed by atoms with Crippen molar-refractivity contribution in [2.45, 2.75) is 76.9 Å². The van der Waals surface area contributed by atoms with Crippen molar-refractivity contribution in [1.82, 2.24) is 0 Å². The number of ketones is 1. The minimum absolute atomic E-state index is 0. The van der Waals surface area contributed by atoms with E-state index in [0.717, 1.165) is 6.08 Å². The van der Waals surface area contributed by atoms with Gasteiger partial charge in [0.25, 0.3) is 0 Å². The number of allylic oxidation sites excluding steroid dienone is 4. The Morgan fingerprint density at radius 3 is 2.48 bits per heavy atom. The van der Waals surface area contributed by atoms with Crippen LogP contribution in [0.25, 0.3) is 0 Å². The van der Waals surface area contributed by atoms with E-state index >= 15 is 8.78 Å². The Balaban J connectivity index is 0.00000306. The Bertz CT molecular complexity index is 955. The molecule has 0 aliphatic heterocycles. The Labute approximate surface area is 220 Å². The fourth-order valence-corrected chi connectivity index (χ4v) is 8.01. The first-order valence-corrected chi connectivity index (χ1v) is 11.7. The zero-order valence-electron chi connectivity index (χ0n) is 18.7. The molecule has 33 heavy (non-hydrogen) atoms. The van der Waals surface area contributed by atoms with E-state index in [1.54, 1.807) is 20.8 Å². The summed E-state index contributed by atoms with van der Waals surface area (Å²) in [7, 11) is 0. The predicted octanol–water partition coefficient (Wildman–Crippen LogP) is 3.05. The maximum atomic E-state index is 17.1. The molecule has 0 saturated heterocycles. The number of rotatable bonds is 3. The molecule has 0 aromatic rings. The average molecular weight is 493 g/mol. The van der Waals surface area contributed by atoms with Crippen LogP contribution in [0.15, 0.2) is 23.8 Å². The number of carbonyl (C=O) groups excluding carboxylic acids is 3. The second kappa shape index (κ2) is 8.54. The van der Waals surface area contributed by atoms with E-state index in [-0.39, 0.29) is 54.4 Å². The second-order valence-corrected chi connectivity index (χ2v) is 10.8. The molecule has 3 fully saturated rings. The number of halogens is 2. The summed E-state index contributed by atoms with van der Waals surface area (Å²) in [5.41, 5.74) is -6.46. The quantitative estimate of drug-likeness (QED) is 0.360. The summed E-state index contributed by atoms with van der Waals surface area (Å²) in [6, 6.07) is 0. The molecule has 9 heteroatoms. The number of fused-ring (bicyclic) bond motifs is 5. The third-order valence-corrected chi connectivity index (χ3v) is 9.38. The predicted molar refractivity (Wildman–Crippen MR) is 123 cm³/mol. The van der Waals surface area contributed by atoms with Crippen molar-refractivity contribution < 1.29 is 33.0 Å². The number of alkyl halides is 2. The standard InChI is InChI=1S/C24H30F2O5S.Na.H/c1-5-19(29)31-24(20(30)32)12(2)8-14-15-10-17(25)16-9-13(27)6-7-21(16,3)23(15,26)18(28)11-22(14,24)4;;/h6-7,9,12,14-15,17-18,28H,5,8,10-11H2,1-4H3,(H,30,32);;/t12-,14+,15+,17+,18+,21+,22+,23-,24+;;/m1../s1. The van der Waals surface area contributed by atoms with Gasteiger partial charge in [-0.15, -0.1) is 12.6 Å². The van der Waals surface area contributed by atoms with Gasteiger partial charge < -0.3 is 9.84 Å². The van der Waals surface area contributed by atoms with Crippen molar-refractivity contribution >= 4 is 59.1 Å². The third-order valence-electron chi connectivity index (χ3n) is 9.05. The van der Waals surface area contributed by atoms with Crippen LogP contribution in [0.4, 0.5) is 8.78 Å². The van der Waals surface area contributed by atoms with Crippen molar-refractivity contribution in [3.8, 4) is 0 Å². The van der Waals surface area contributed by atoms with E-state index in [1.165, 1.54) is 19.1 Å². The molecule has 0 radical (unpaired) electrons. The zero-order valence-corrected chi connectivity index (χ0v) is 19.6. The van der Waals surface area contributed by atoms with Gasteiger partial charge in [0, 0.05) is 29.1 Å². The second-order valence-electron chi connectivity index (χ2n) is 10.4. The molecule has 4 rings (SSSR count). The maximum absolute atomic E-state index is 17.1. The molecule has 0 heterocycles. The first-order valence-electron chi connectivity index (χ1n) is 11.2. The molecular weight excluding hydrogens is 461 g/mol. The van der Waals surface area contributed by atoms with Crippen LogP contribution >= 0.6 is 12.6 Å². The van der Waals surface area contributed by atoms with E-state index in [1.807, 2.05) is 0 Å².